The molecule has 0 spiro atoms. The van der Waals surface area contributed by atoms with Crippen LogP contribution in [0, 0.1) is 5.82 Å². The number of halogens is 1. The lowest BCUT2D eigenvalue weighted by Gasteiger charge is -2.08. The number of hydrogen-bond acceptors (Lipinski definition) is 1. The van der Waals surface area contributed by atoms with Crippen molar-refractivity contribution in [2.75, 3.05) is 0 Å². The van der Waals surface area contributed by atoms with Gasteiger partial charge in [-0.1, -0.05) is 31.5 Å². The van der Waals surface area contributed by atoms with Crippen LogP contribution in [0.25, 0.3) is 22.0 Å². The van der Waals surface area contributed by atoms with Crippen molar-refractivity contribution in [2.24, 2.45) is 0 Å². The molecule has 106 valence electrons. The van der Waals surface area contributed by atoms with Gasteiger partial charge in [0.15, 0.2) is 0 Å². The van der Waals surface area contributed by atoms with Crippen LogP contribution in [0.1, 0.15) is 25.3 Å². The van der Waals surface area contributed by atoms with Gasteiger partial charge in [-0.25, -0.2) is 4.39 Å². The third kappa shape index (κ3) is 2.94. The Kier molecular flexibility index (Phi) is 3.96. The predicted molar refractivity (Wildman–Crippen MR) is 85.7 cm³/mol. The molecule has 2 heteroatoms. The average Bonchev–Trinajstić information content (AvgIpc) is 2.52. The molecule has 0 fully saturated rings. The smallest absolute Gasteiger partial charge is 0.123 e. The van der Waals surface area contributed by atoms with E-state index >= 15 is 0 Å². The molecule has 0 aliphatic carbocycles. The lowest BCUT2D eigenvalue weighted by molar-refractivity contribution is 0.628. The van der Waals surface area contributed by atoms with E-state index in [0.29, 0.717) is 0 Å². The molecule has 0 unspecified atom stereocenters. The normalized spacial score (nSPS) is 11.0. The van der Waals surface area contributed by atoms with Gasteiger partial charge in [-0.05, 0) is 59.9 Å². The molecular weight excluding hydrogens is 261 g/mol. The fourth-order valence-electron chi connectivity index (χ4n) is 2.64. The predicted octanol–water partition coefficient (Wildman–Crippen LogP) is 5.38. The summed E-state index contributed by atoms with van der Waals surface area (Å²) in [5.74, 6) is -0.209. The number of rotatable bonds is 4. The van der Waals surface area contributed by atoms with Crippen LogP contribution in [0.15, 0.2) is 54.7 Å². The third-order valence-corrected chi connectivity index (χ3v) is 3.76. The van der Waals surface area contributed by atoms with Crippen molar-refractivity contribution in [3.63, 3.8) is 0 Å². The number of aromatic nitrogens is 1. The van der Waals surface area contributed by atoms with Crippen LogP contribution >= 0.6 is 0 Å². The van der Waals surface area contributed by atoms with Crippen LogP contribution < -0.4 is 0 Å². The van der Waals surface area contributed by atoms with E-state index in [1.54, 1.807) is 18.3 Å². The van der Waals surface area contributed by atoms with Crippen molar-refractivity contribution >= 4 is 10.9 Å². The minimum atomic E-state index is -0.209. The Hall–Kier alpha value is -2.22. The van der Waals surface area contributed by atoms with Gasteiger partial charge >= 0.3 is 0 Å². The summed E-state index contributed by atoms with van der Waals surface area (Å²) in [6.07, 6.45) is 5.22. The van der Waals surface area contributed by atoms with Gasteiger partial charge in [-0.3, -0.25) is 4.98 Å². The molecule has 0 bridgehead atoms. The first-order valence-electron chi connectivity index (χ1n) is 7.41. The maximum Gasteiger partial charge on any atom is 0.123 e. The monoisotopic (exact) mass is 279 g/mol. The Bertz CT molecular complexity index is 764. The van der Waals surface area contributed by atoms with Gasteiger partial charge in [-0.2, -0.15) is 0 Å². The fraction of sp³-hybridized carbons (Fsp3) is 0.211. The molecule has 21 heavy (non-hydrogen) atoms. The van der Waals surface area contributed by atoms with Crippen LogP contribution in [-0.4, -0.2) is 4.98 Å². The molecule has 0 aliphatic heterocycles. The van der Waals surface area contributed by atoms with Crippen LogP contribution in [0.4, 0.5) is 4.39 Å². The van der Waals surface area contributed by atoms with Gasteiger partial charge in [0.2, 0.25) is 0 Å². The van der Waals surface area contributed by atoms with Gasteiger partial charge in [0.25, 0.3) is 0 Å². The summed E-state index contributed by atoms with van der Waals surface area (Å²) >= 11 is 0. The highest BCUT2D eigenvalue weighted by Crippen LogP contribution is 2.28. The van der Waals surface area contributed by atoms with Gasteiger partial charge in [0, 0.05) is 11.6 Å². The first-order chi connectivity index (χ1) is 10.3. The number of aryl methyl sites for hydroxylation is 1. The summed E-state index contributed by atoms with van der Waals surface area (Å²) < 4.78 is 13.5. The molecule has 1 nitrogen and oxygen atoms in total. The molecule has 0 radical (unpaired) electrons. The number of unbranched alkanes of at least 4 members (excludes halogenated alkanes) is 1. The number of benzene rings is 2. The number of nitrogens with zero attached hydrogens (tertiary/aromatic N) is 1. The van der Waals surface area contributed by atoms with Crippen molar-refractivity contribution in [1.82, 2.24) is 4.98 Å². The van der Waals surface area contributed by atoms with E-state index in [1.165, 1.54) is 24.5 Å². The highest BCUT2D eigenvalue weighted by Gasteiger charge is 2.06. The molecule has 2 aromatic carbocycles. The fourth-order valence-corrected chi connectivity index (χ4v) is 2.64. The Morgan fingerprint density at radius 3 is 2.76 bits per heavy atom. The van der Waals surface area contributed by atoms with Crippen molar-refractivity contribution in [1.29, 1.82) is 0 Å². The summed E-state index contributed by atoms with van der Waals surface area (Å²) in [5, 5.41) is 1.09. The Morgan fingerprint density at radius 2 is 1.95 bits per heavy atom. The van der Waals surface area contributed by atoms with Gasteiger partial charge in [0.05, 0.1) is 5.52 Å². The summed E-state index contributed by atoms with van der Waals surface area (Å²) in [4.78, 5) is 4.42. The second-order valence-electron chi connectivity index (χ2n) is 5.32. The molecule has 3 aromatic rings. The molecule has 0 atom stereocenters. The van der Waals surface area contributed by atoms with Crippen LogP contribution in [0.3, 0.4) is 0 Å². The van der Waals surface area contributed by atoms with E-state index in [9.17, 15) is 4.39 Å². The van der Waals surface area contributed by atoms with Crippen LogP contribution in [-0.2, 0) is 6.42 Å². The molecule has 1 heterocycles. The minimum Gasteiger partial charge on any atom is -0.256 e. The van der Waals surface area contributed by atoms with Gasteiger partial charge < -0.3 is 0 Å². The number of hydrogen-bond donors (Lipinski definition) is 0. The molecule has 0 aliphatic rings. The van der Waals surface area contributed by atoms with Crippen molar-refractivity contribution in [2.45, 2.75) is 26.2 Å². The first kappa shape index (κ1) is 13.7. The molecule has 0 N–H and O–H groups in total. The van der Waals surface area contributed by atoms with E-state index in [-0.39, 0.29) is 5.82 Å². The van der Waals surface area contributed by atoms with Crippen LogP contribution in [0.2, 0.25) is 0 Å². The zero-order chi connectivity index (χ0) is 14.7. The maximum atomic E-state index is 13.5. The van der Waals surface area contributed by atoms with Crippen LogP contribution in [0.5, 0.6) is 0 Å². The van der Waals surface area contributed by atoms with Crippen molar-refractivity contribution in [3.05, 3.63) is 66.1 Å². The van der Waals surface area contributed by atoms with Crippen molar-refractivity contribution in [3.8, 4) is 11.1 Å². The second-order valence-corrected chi connectivity index (χ2v) is 5.32. The van der Waals surface area contributed by atoms with E-state index in [1.807, 2.05) is 12.1 Å². The summed E-state index contributed by atoms with van der Waals surface area (Å²) in [6, 6.07) is 15.1. The average molecular weight is 279 g/mol. The largest absolute Gasteiger partial charge is 0.256 e. The molecule has 1 aromatic heterocycles. The molecule has 0 amide bonds. The third-order valence-electron chi connectivity index (χ3n) is 3.76. The summed E-state index contributed by atoms with van der Waals surface area (Å²) in [6.45, 7) is 2.20. The lowest BCUT2D eigenvalue weighted by Crippen LogP contribution is -1.89. The van der Waals surface area contributed by atoms with Gasteiger partial charge in [-0.15, -0.1) is 0 Å². The Balaban J connectivity index is 2.13. The van der Waals surface area contributed by atoms with Gasteiger partial charge in [0.1, 0.15) is 5.82 Å². The lowest BCUT2D eigenvalue weighted by atomic mass is 9.98. The summed E-state index contributed by atoms with van der Waals surface area (Å²) in [5.41, 5.74) is 4.21. The standard InChI is InChI=1S/C19H18FN/c1-2-3-5-14-8-9-19-18(12-14)17(10-11-21-19)15-6-4-7-16(20)13-15/h4,6-13H,2-3,5H2,1H3. The minimum absolute atomic E-state index is 0.209. The highest BCUT2D eigenvalue weighted by molar-refractivity contribution is 5.94. The Labute approximate surface area is 124 Å². The number of fused-ring (bicyclic) bond motifs is 1. The number of pyridine rings is 1. The second kappa shape index (κ2) is 6.04. The van der Waals surface area contributed by atoms with E-state index < -0.39 is 0 Å². The Morgan fingerprint density at radius 1 is 1.05 bits per heavy atom. The molecule has 0 saturated carbocycles. The zero-order valence-corrected chi connectivity index (χ0v) is 12.1. The van der Waals surface area contributed by atoms with E-state index in [4.69, 9.17) is 0 Å². The SMILES string of the molecule is CCCCc1ccc2nccc(-c3cccc(F)c3)c2c1. The quantitative estimate of drug-likeness (QED) is 0.624. The zero-order valence-electron chi connectivity index (χ0n) is 12.1. The molecular formula is C19H18FN. The maximum absolute atomic E-state index is 13.5. The highest BCUT2D eigenvalue weighted by atomic mass is 19.1. The summed E-state index contributed by atoms with van der Waals surface area (Å²) in [7, 11) is 0. The topological polar surface area (TPSA) is 12.9 Å². The van der Waals surface area contributed by atoms with E-state index in [2.05, 4.69) is 30.1 Å². The first-order valence-corrected chi connectivity index (χ1v) is 7.41. The molecule has 0 saturated heterocycles. The van der Waals surface area contributed by atoms with Crippen molar-refractivity contribution < 1.29 is 4.39 Å². The van der Waals surface area contributed by atoms with E-state index in [0.717, 1.165) is 28.5 Å². The molecule has 3 rings (SSSR count).